The fourth-order valence-electron chi connectivity index (χ4n) is 2.43. The zero-order valence-corrected chi connectivity index (χ0v) is 14.1. The molecule has 0 aliphatic carbocycles. The van der Waals surface area contributed by atoms with Crippen LogP contribution in [-0.2, 0) is 11.2 Å². The van der Waals surface area contributed by atoms with E-state index in [1.54, 1.807) is 6.92 Å². The standard InChI is InChI=1S/C18H15BrN2O2/c1-11-7-13-8-12(5-6-16(13)21-18(11)23)9-17(22)20-15-4-2-3-14(19)10-15/h2-8,10H,9H2,1H3,(H,20,22)(H,21,23). The normalized spacial score (nSPS) is 10.7. The first kappa shape index (κ1) is 15.5. The molecule has 0 aliphatic rings. The van der Waals surface area contributed by atoms with Crippen molar-refractivity contribution in [2.45, 2.75) is 13.3 Å². The average Bonchev–Trinajstić information content (AvgIpc) is 2.48. The van der Waals surface area contributed by atoms with Gasteiger partial charge in [0.05, 0.1) is 6.42 Å². The molecule has 2 aromatic carbocycles. The second kappa shape index (κ2) is 6.38. The van der Waals surface area contributed by atoms with E-state index < -0.39 is 0 Å². The van der Waals surface area contributed by atoms with Crippen LogP contribution in [-0.4, -0.2) is 10.9 Å². The molecule has 1 aromatic heterocycles. The molecule has 1 amide bonds. The van der Waals surface area contributed by atoms with E-state index >= 15 is 0 Å². The number of carbonyl (C=O) groups is 1. The highest BCUT2D eigenvalue weighted by Crippen LogP contribution is 2.17. The largest absolute Gasteiger partial charge is 0.326 e. The third-order valence-electron chi connectivity index (χ3n) is 3.57. The summed E-state index contributed by atoms with van der Waals surface area (Å²) in [6.07, 6.45) is 0.278. The Morgan fingerprint density at radius 1 is 1.17 bits per heavy atom. The Labute approximate surface area is 141 Å². The Morgan fingerprint density at radius 2 is 2.00 bits per heavy atom. The SMILES string of the molecule is Cc1cc2cc(CC(=O)Nc3cccc(Br)c3)ccc2[nH]c1=O. The summed E-state index contributed by atoms with van der Waals surface area (Å²) in [4.78, 5) is 26.6. The Kier molecular flexibility index (Phi) is 4.30. The van der Waals surface area contributed by atoms with Crippen LogP contribution in [0.1, 0.15) is 11.1 Å². The molecule has 0 fully saturated rings. The molecule has 23 heavy (non-hydrogen) atoms. The quantitative estimate of drug-likeness (QED) is 0.736. The van der Waals surface area contributed by atoms with Gasteiger partial charge in [-0.25, -0.2) is 0 Å². The maximum absolute atomic E-state index is 12.2. The smallest absolute Gasteiger partial charge is 0.251 e. The highest BCUT2D eigenvalue weighted by atomic mass is 79.9. The van der Waals surface area contributed by atoms with Crippen LogP contribution in [0.5, 0.6) is 0 Å². The molecule has 0 aliphatic heterocycles. The van der Waals surface area contributed by atoms with E-state index in [2.05, 4.69) is 26.2 Å². The number of hydrogen-bond acceptors (Lipinski definition) is 2. The van der Waals surface area contributed by atoms with Gasteiger partial charge >= 0.3 is 0 Å². The van der Waals surface area contributed by atoms with Crippen LogP contribution < -0.4 is 10.9 Å². The van der Waals surface area contributed by atoms with Gasteiger partial charge in [-0.3, -0.25) is 9.59 Å². The van der Waals surface area contributed by atoms with Crippen molar-refractivity contribution < 1.29 is 4.79 Å². The van der Waals surface area contributed by atoms with Crippen molar-refractivity contribution >= 4 is 38.4 Å². The van der Waals surface area contributed by atoms with Crippen molar-refractivity contribution in [1.82, 2.24) is 4.98 Å². The summed E-state index contributed by atoms with van der Waals surface area (Å²) in [5.74, 6) is -0.0800. The molecule has 4 nitrogen and oxygen atoms in total. The number of amides is 1. The van der Waals surface area contributed by atoms with Gasteiger partial charge < -0.3 is 10.3 Å². The van der Waals surface area contributed by atoms with Crippen LogP contribution in [0.15, 0.2) is 57.8 Å². The van der Waals surface area contributed by atoms with Gasteiger partial charge in [-0.15, -0.1) is 0 Å². The average molecular weight is 371 g/mol. The predicted molar refractivity (Wildman–Crippen MR) is 95.8 cm³/mol. The number of nitrogens with one attached hydrogen (secondary N) is 2. The Morgan fingerprint density at radius 3 is 2.78 bits per heavy atom. The number of aromatic amines is 1. The molecule has 0 bridgehead atoms. The second-order valence-corrected chi connectivity index (χ2v) is 6.35. The molecule has 1 heterocycles. The summed E-state index contributed by atoms with van der Waals surface area (Å²) in [7, 11) is 0. The van der Waals surface area contributed by atoms with Crippen LogP contribution in [0.4, 0.5) is 5.69 Å². The molecule has 0 atom stereocenters. The van der Waals surface area contributed by atoms with Gasteiger partial charge in [0.15, 0.2) is 0 Å². The van der Waals surface area contributed by atoms with Crippen molar-refractivity contribution in [2.24, 2.45) is 0 Å². The molecular weight excluding hydrogens is 356 g/mol. The highest BCUT2D eigenvalue weighted by Gasteiger charge is 2.06. The number of H-pyrrole nitrogens is 1. The zero-order valence-electron chi connectivity index (χ0n) is 12.5. The highest BCUT2D eigenvalue weighted by molar-refractivity contribution is 9.10. The second-order valence-electron chi connectivity index (χ2n) is 5.44. The number of carbonyl (C=O) groups excluding carboxylic acids is 1. The van der Waals surface area contributed by atoms with Crippen LogP contribution in [0.25, 0.3) is 10.9 Å². The van der Waals surface area contributed by atoms with Gasteiger partial charge in [0, 0.05) is 21.2 Å². The lowest BCUT2D eigenvalue weighted by Gasteiger charge is -2.07. The number of benzene rings is 2. The summed E-state index contributed by atoms with van der Waals surface area (Å²) in [5, 5.41) is 3.80. The van der Waals surface area contributed by atoms with Gasteiger partial charge in [-0.05, 0) is 54.3 Å². The Bertz CT molecular complexity index is 947. The minimum atomic E-state index is -0.0855. The maximum atomic E-state index is 12.2. The van der Waals surface area contributed by atoms with Gasteiger partial charge in [0.25, 0.3) is 5.56 Å². The van der Waals surface area contributed by atoms with Gasteiger partial charge in [0.1, 0.15) is 0 Å². The van der Waals surface area contributed by atoms with Crippen LogP contribution in [0.2, 0.25) is 0 Å². The van der Waals surface area contributed by atoms with E-state index in [4.69, 9.17) is 0 Å². The minimum absolute atomic E-state index is 0.0800. The van der Waals surface area contributed by atoms with Gasteiger partial charge in [-0.2, -0.15) is 0 Å². The fourth-order valence-corrected chi connectivity index (χ4v) is 2.83. The molecule has 0 unspecified atom stereocenters. The topological polar surface area (TPSA) is 62.0 Å². The lowest BCUT2D eigenvalue weighted by atomic mass is 10.1. The number of fused-ring (bicyclic) bond motifs is 1. The lowest BCUT2D eigenvalue weighted by molar-refractivity contribution is -0.115. The first-order valence-corrected chi connectivity index (χ1v) is 7.98. The molecule has 0 radical (unpaired) electrons. The minimum Gasteiger partial charge on any atom is -0.326 e. The van der Waals surface area contributed by atoms with E-state index in [0.717, 1.165) is 26.6 Å². The molecule has 2 N–H and O–H groups in total. The predicted octanol–water partition coefficient (Wildman–Crippen LogP) is 3.78. The molecule has 3 rings (SSSR count). The molecule has 3 aromatic rings. The molecule has 116 valence electrons. The summed E-state index contributed by atoms with van der Waals surface area (Å²) < 4.78 is 0.917. The van der Waals surface area contributed by atoms with Crippen molar-refractivity contribution in [3.8, 4) is 0 Å². The summed E-state index contributed by atoms with van der Waals surface area (Å²) in [5.41, 5.74) is 3.00. The molecule has 0 spiro atoms. The fraction of sp³-hybridized carbons (Fsp3) is 0.111. The first-order valence-electron chi connectivity index (χ1n) is 7.19. The molecular formula is C18H15BrN2O2. The van der Waals surface area contributed by atoms with Crippen LogP contribution in [0.3, 0.4) is 0 Å². The molecule has 5 heteroatoms. The number of aromatic nitrogens is 1. The van der Waals surface area contributed by atoms with E-state index in [-0.39, 0.29) is 17.9 Å². The van der Waals surface area contributed by atoms with Crippen molar-refractivity contribution in [3.63, 3.8) is 0 Å². The number of rotatable bonds is 3. The van der Waals surface area contributed by atoms with Crippen LogP contribution >= 0.6 is 15.9 Å². The van der Waals surface area contributed by atoms with E-state index in [1.165, 1.54) is 0 Å². The maximum Gasteiger partial charge on any atom is 0.251 e. The third-order valence-corrected chi connectivity index (χ3v) is 4.06. The number of hydrogen-bond donors (Lipinski definition) is 2. The van der Waals surface area contributed by atoms with E-state index in [0.29, 0.717) is 5.56 Å². The zero-order chi connectivity index (χ0) is 16.4. The third kappa shape index (κ3) is 3.68. The summed E-state index contributed by atoms with van der Waals surface area (Å²) in [6, 6.07) is 14.9. The Hall–Kier alpha value is -2.40. The Balaban J connectivity index is 1.79. The summed E-state index contributed by atoms with van der Waals surface area (Å²) in [6.45, 7) is 1.77. The number of aryl methyl sites for hydroxylation is 1. The van der Waals surface area contributed by atoms with Crippen LogP contribution in [0, 0.1) is 6.92 Å². The van der Waals surface area contributed by atoms with E-state index in [1.807, 2.05) is 48.5 Å². The molecule has 0 saturated carbocycles. The van der Waals surface area contributed by atoms with Crippen molar-refractivity contribution in [3.05, 3.63) is 74.5 Å². The van der Waals surface area contributed by atoms with Gasteiger partial charge in [-0.1, -0.05) is 28.1 Å². The molecule has 0 saturated heterocycles. The van der Waals surface area contributed by atoms with Crippen molar-refractivity contribution in [2.75, 3.05) is 5.32 Å². The first-order chi connectivity index (χ1) is 11.0. The van der Waals surface area contributed by atoms with E-state index in [9.17, 15) is 9.59 Å². The number of pyridine rings is 1. The number of anilines is 1. The monoisotopic (exact) mass is 370 g/mol. The summed E-state index contributed by atoms with van der Waals surface area (Å²) >= 11 is 3.38. The van der Waals surface area contributed by atoms with Crippen molar-refractivity contribution in [1.29, 1.82) is 0 Å². The number of halogens is 1. The van der Waals surface area contributed by atoms with Gasteiger partial charge in [0.2, 0.25) is 5.91 Å². The lowest BCUT2D eigenvalue weighted by Crippen LogP contribution is -2.14.